The first-order valence-electron chi connectivity index (χ1n) is 4.94. The first-order chi connectivity index (χ1) is 8.22. The average molecular weight is 243 g/mol. The van der Waals surface area contributed by atoms with Crippen molar-refractivity contribution in [3.8, 4) is 6.19 Å². The fourth-order valence-corrected chi connectivity index (χ4v) is 2.32. The summed E-state index contributed by atoms with van der Waals surface area (Å²) in [7, 11) is 0. The first-order valence-corrected chi connectivity index (χ1v) is 5.76. The van der Waals surface area contributed by atoms with Gasteiger partial charge >= 0.3 is 0 Å². The Kier molecular flexibility index (Phi) is 3.26. The Labute approximate surface area is 103 Å². The molecule has 0 aliphatic carbocycles. The van der Waals surface area contributed by atoms with Gasteiger partial charge in [-0.1, -0.05) is 30.3 Å². The van der Waals surface area contributed by atoms with Crippen LogP contribution >= 0.6 is 11.8 Å². The SMILES string of the molecule is C/C(=C1\S/C(=N/C#N)NC1=O)c1ccccc1. The van der Waals surface area contributed by atoms with E-state index in [-0.39, 0.29) is 5.91 Å². The van der Waals surface area contributed by atoms with Crippen molar-refractivity contribution in [2.45, 2.75) is 6.92 Å². The van der Waals surface area contributed by atoms with E-state index in [9.17, 15) is 4.79 Å². The maximum Gasteiger partial charge on any atom is 0.264 e. The maximum atomic E-state index is 11.7. The zero-order valence-corrected chi connectivity index (χ0v) is 9.91. The van der Waals surface area contributed by atoms with Crippen LogP contribution in [0, 0.1) is 11.5 Å². The molecule has 4 nitrogen and oxygen atoms in total. The molecule has 0 saturated carbocycles. The number of thioether (sulfide) groups is 1. The number of amidine groups is 1. The van der Waals surface area contributed by atoms with Gasteiger partial charge in [0.1, 0.15) is 0 Å². The minimum atomic E-state index is -0.203. The molecule has 84 valence electrons. The monoisotopic (exact) mass is 243 g/mol. The number of hydrogen-bond acceptors (Lipinski definition) is 4. The average Bonchev–Trinajstić information content (AvgIpc) is 2.71. The highest BCUT2D eigenvalue weighted by Gasteiger charge is 2.26. The maximum absolute atomic E-state index is 11.7. The molecule has 0 spiro atoms. The van der Waals surface area contributed by atoms with Crippen LogP contribution in [-0.4, -0.2) is 11.1 Å². The van der Waals surface area contributed by atoms with Crippen molar-refractivity contribution in [2.24, 2.45) is 4.99 Å². The van der Waals surface area contributed by atoms with E-state index >= 15 is 0 Å². The second-order valence-corrected chi connectivity index (χ2v) is 4.39. The zero-order valence-electron chi connectivity index (χ0n) is 9.10. The first kappa shape index (κ1) is 11.4. The Morgan fingerprint density at radius 3 is 2.76 bits per heavy atom. The molecule has 2 rings (SSSR count). The molecule has 1 aliphatic rings. The molecule has 1 amide bonds. The van der Waals surface area contributed by atoms with Crippen molar-refractivity contribution in [1.29, 1.82) is 5.26 Å². The molecule has 1 N–H and O–H groups in total. The number of benzene rings is 1. The van der Waals surface area contributed by atoms with Crippen molar-refractivity contribution in [3.05, 3.63) is 40.8 Å². The summed E-state index contributed by atoms with van der Waals surface area (Å²) in [5.41, 5.74) is 1.87. The van der Waals surface area contributed by atoms with Crippen LogP contribution < -0.4 is 5.32 Å². The van der Waals surface area contributed by atoms with Gasteiger partial charge in [0.15, 0.2) is 5.17 Å². The molecule has 0 atom stereocenters. The van der Waals surface area contributed by atoms with Crippen molar-refractivity contribution < 1.29 is 4.79 Å². The summed E-state index contributed by atoms with van der Waals surface area (Å²) >= 11 is 1.19. The third-order valence-electron chi connectivity index (χ3n) is 2.32. The normalized spacial score (nSPS) is 20.0. The van der Waals surface area contributed by atoms with Gasteiger partial charge in [0.25, 0.3) is 5.91 Å². The Morgan fingerprint density at radius 1 is 1.41 bits per heavy atom. The quantitative estimate of drug-likeness (QED) is 0.607. The number of hydrogen-bond donors (Lipinski definition) is 1. The van der Waals surface area contributed by atoms with E-state index in [0.717, 1.165) is 11.1 Å². The zero-order chi connectivity index (χ0) is 12.3. The minimum Gasteiger partial charge on any atom is -0.300 e. The molecule has 1 aromatic carbocycles. The molecular weight excluding hydrogens is 234 g/mol. The van der Waals surface area contributed by atoms with Gasteiger partial charge in [-0.2, -0.15) is 5.26 Å². The molecule has 0 radical (unpaired) electrons. The smallest absolute Gasteiger partial charge is 0.264 e. The number of rotatable bonds is 1. The minimum absolute atomic E-state index is 0.203. The van der Waals surface area contributed by atoms with Gasteiger partial charge < -0.3 is 0 Å². The molecule has 0 aromatic heterocycles. The molecular formula is C12H9N3OS. The molecule has 1 heterocycles. The number of nitrogens with zero attached hydrogens (tertiary/aromatic N) is 2. The van der Waals surface area contributed by atoms with Crippen molar-refractivity contribution >= 4 is 28.4 Å². The topological polar surface area (TPSA) is 65.2 Å². The number of nitrogens with one attached hydrogen (secondary N) is 1. The highest BCUT2D eigenvalue weighted by molar-refractivity contribution is 8.18. The number of carbonyl (C=O) groups is 1. The number of nitriles is 1. The van der Waals surface area contributed by atoms with Crippen LogP contribution in [0.15, 0.2) is 40.2 Å². The number of aliphatic imine (C=N–C) groups is 1. The van der Waals surface area contributed by atoms with Gasteiger partial charge in [0.2, 0.25) is 6.19 Å². The Hall–Kier alpha value is -2.06. The van der Waals surface area contributed by atoms with Crippen LogP contribution in [-0.2, 0) is 4.79 Å². The van der Waals surface area contributed by atoms with Gasteiger partial charge in [-0.15, -0.1) is 4.99 Å². The summed E-state index contributed by atoms with van der Waals surface area (Å²) in [6.45, 7) is 1.88. The van der Waals surface area contributed by atoms with Crippen LogP contribution in [0.3, 0.4) is 0 Å². The van der Waals surface area contributed by atoms with Gasteiger partial charge in [0, 0.05) is 0 Å². The third-order valence-corrected chi connectivity index (χ3v) is 3.41. The summed E-state index contributed by atoms with van der Waals surface area (Å²) in [6.07, 6.45) is 1.66. The summed E-state index contributed by atoms with van der Waals surface area (Å²) in [4.78, 5) is 15.8. The number of amides is 1. The Balaban J connectivity index is 2.38. The van der Waals surface area contributed by atoms with E-state index in [4.69, 9.17) is 5.26 Å². The number of allylic oxidation sites excluding steroid dienone is 1. The second-order valence-electron chi connectivity index (χ2n) is 3.39. The van der Waals surface area contributed by atoms with Crippen LogP contribution in [0.1, 0.15) is 12.5 Å². The van der Waals surface area contributed by atoms with Crippen molar-refractivity contribution in [1.82, 2.24) is 5.32 Å². The Morgan fingerprint density at radius 2 is 2.12 bits per heavy atom. The standard InChI is InChI=1S/C12H9N3OS/c1-8(9-5-3-2-4-6-9)10-11(16)15-12(17-10)14-7-13/h2-6H,1H3,(H,14,15,16)/b10-8+. The van der Waals surface area contributed by atoms with Crippen molar-refractivity contribution in [3.63, 3.8) is 0 Å². The summed E-state index contributed by atoms with van der Waals surface area (Å²) in [6, 6.07) is 9.64. The van der Waals surface area contributed by atoms with E-state index in [0.29, 0.717) is 10.1 Å². The van der Waals surface area contributed by atoms with Gasteiger partial charge in [-0.3, -0.25) is 10.1 Å². The largest absolute Gasteiger partial charge is 0.300 e. The van der Waals surface area contributed by atoms with Crippen LogP contribution in [0.2, 0.25) is 0 Å². The van der Waals surface area contributed by atoms with E-state index < -0.39 is 0 Å². The molecule has 1 fully saturated rings. The predicted octanol–water partition coefficient (Wildman–Crippen LogP) is 2.12. The molecule has 0 unspecified atom stereocenters. The lowest BCUT2D eigenvalue weighted by Crippen LogP contribution is -2.19. The highest BCUT2D eigenvalue weighted by atomic mass is 32.2. The molecule has 17 heavy (non-hydrogen) atoms. The Bertz CT molecular complexity index is 555. The van der Waals surface area contributed by atoms with Gasteiger partial charge in [-0.05, 0) is 29.8 Å². The lowest BCUT2D eigenvalue weighted by molar-refractivity contribution is -0.115. The fourth-order valence-electron chi connectivity index (χ4n) is 1.48. The predicted molar refractivity (Wildman–Crippen MR) is 67.8 cm³/mol. The van der Waals surface area contributed by atoms with E-state index in [1.165, 1.54) is 11.8 Å². The second kappa shape index (κ2) is 4.85. The van der Waals surface area contributed by atoms with Gasteiger partial charge in [-0.25, -0.2) is 0 Å². The third kappa shape index (κ3) is 2.37. The highest BCUT2D eigenvalue weighted by Crippen LogP contribution is 2.31. The van der Waals surface area contributed by atoms with E-state index in [2.05, 4.69) is 10.3 Å². The molecule has 0 bridgehead atoms. The molecule has 1 aromatic rings. The summed E-state index contributed by atoms with van der Waals surface area (Å²) in [5, 5.41) is 11.3. The lowest BCUT2D eigenvalue weighted by atomic mass is 10.1. The van der Waals surface area contributed by atoms with Crippen LogP contribution in [0.4, 0.5) is 0 Å². The lowest BCUT2D eigenvalue weighted by Gasteiger charge is -2.02. The number of carbonyl (C=O) groups excluding carboxylic acids is 1. The van der Waals surface area contributed by atoms with Crippen molar-refractivity contribution in [2.75, 3.05) is 0 Å². The summed E-state index contributed by atoms with van der Waals surface area (Å²) < 4.78 is 0. The van der Waals surface area contributed by atoms with Gasteiger partial charge in [0.05, 0.1) is 4.91 Å². The molecule has 5 heteroatoms. The molecule has 1 saturated heterocycles. The van der Waals surface area contributed by atoms with Crippen LogP contribution in [0.5, 0.6) is 0 Å². The molecule has 1 aliphatic heterocycles. The summed E-state index contributed by atoms with van der Waals surface area (Å²) in [5.74, 6) is -0.203. The van der Waals surface area contributed by atoms with E-state index in [1.807, 2.05) is 37.3 Å². The fraction of sp³-hybridized carbons (Fsp3) is 0.0833. The van der Waals surface area contributed by atoms with Crippen LogP contribution in [0.25, 0.3) is 5.57 Å². The van der Waals surface area contributed by atoms with E-state index in [1.54, 1.807) is 6.19 Å².